The van der Waals surface area contributed by atoms with E-state index in [2.05, 4.69) is 17.1 Å². The summed E-state index contributed by atoms with van der Waals surface area (Å²) in [7, 11) is 0. The lowest BCUT2D eigenvalue weighted by atomic mass is 10.1. The number of carbonyl (C=O) groups is 1. The zero-order valence-electron chi connectivity index (χ0n) is 11.3. The molecule has 0 aliphatic carbocycles. The third-order valence-electron chi connectivity index (χ3n) is 3.16. The molecular formula is C16H14N2OS2. The largest absolute Gasteiger partial charge is 0.366 e. The van der Waals surface area contributed by atoms with Gasteiger partial charge in [-0.2, -0.15) is 0 Å². The van der Waals surface area contributed by atoms with Crippen LogP contribution < -0.4 is 5.73 Å². The fourth-order valence-corrected chi connectivity index (χ4v) is 4.01. The van der Waals surface area contributed by atoms with Gasteiger partial charge in [-0.05, 0) is 29.3 Å². The van der Waals surface area contributed by atoms with Gasteiger partial charge in [-0.25, -0.2) is 4.99 Å². The number of carbonyl (C=O) groups excluding carboxylic acids is 1. The minimum atomic E-state index is -0.391. The Morgan fingerprint density at radius 3 is 2.71 bits per heavy atom. The van der Waals surface area contributed by atoms with Gasteiger partial charge in [0.25, 0.3) is 0 Å². The van der Waals surface area contributed by atoms with Crippen LogP contribution in [-0.2, 0) is 11.5 Å². The van der Waals surface area contributed by atoms with E-state index in [1.54, 1.807) is 35.7 Å². The molecular weight excluding hydrogens is 300 g/mol. The molecule has 2 aromatic carbocycles. The van der Waals surface area contributed by atoms with Gasteiger partial charge < -0.3 is 5.73 Å². The molecule has 0 radical (unpaired) electrons. The van der Waals surface area contributed by atoms with Crippen LogP contribution in [0.25, 0.3) is 0 Å². The molecule has 0 saturated carbocycles. The first-order valence-corrected chi connectivity index (χ1v) is 8.50. The third kappa shape index (κ3) is 3.49. The summed E-state index contributed by atoms with van der Waals surface area (Å²) in [6.07, 6.45) is 0. The Bertz CT molecular complexity index is 696. The summed E-state index contributed by atoms with van der Waals surface area (Å²) in [4.78, 5) is 15.7. The number of thioether (sulfide) groups is 2. The lowest BCUT2D eigenvalue weighted by Crippen LogP contribution is -2.10. The average molecular weight is 314 g/mol. The number of hydrogen-bond acceptors (Lipinski definition) is 4. The maximum Gasteiger partial charge on any atom is 0.248 e. The Kier molecular flexibility index (Phi) is 4.31. The number of nitrogens with zero attached hydrogens (tertiary/aromatic N) is 1. The van der Waals surface area contributed by atoms with Gasteiger partial charge >= 0.3 is 0 Å². The Labute approximate surface area is 132 Å². The number of benzene rings is 2. The molecule has 0 bridgehead atoms. The summed E-state index contributed by atoms with van der Waals surface area (Å²) in [5, 5.41) is 0. The van der Waals surface area contributed by atoms with Crippen molar-refractivity contribution in [2.24, 2.45) is 10.7 Å². The summed E-state index contributed by atoms with van der Waals surface area (Å²) in [5.41, 5.74) is 9.30. The average Bonchev–Trinajstić information content (AvgIpc) is 2.53. The van der Waals surface area contributed by atoms with Crippen molar-refractivity contribution in [1.29, 1.82) is 0 Å². The smallest absolute Gasteiger partial charge is 0.248 e. The maximum absolute atomic E-state index is 11.0. The van der Waals surface area contributed by atoms with E-state index in [-0.39, 0.29) is 0 Å². The maximum atomic E-state index is 11.0. The van der Waals surface area contributed by atoms with Crippen LogP contribution in [0.4, 0.5) is 5.69 Å². The third-order valence-corrected chi connectivity index (χ3v) is 5.47. The topological polar surface area (TPSA) is 55.5 Å². The fourth-order valence-electron chi connectivity index (χ4n) is 2.00. The molecule has 106 valence electrons. The summed E-state index contributed by atoms with van der Waals surface area (Å²) in [6, 6.07) is 15.7. The van der Waals surface area contributed by atoms with Crippen molar-refractivity contribution in [3.05, 3.63) is 65.2 Å². The molecule has 1 aliphatic rings. The summed E-state index contributed by atoms with van der Waals surface area (Å²) < 4.78 is 1.09. The van der Waals surface area contributed by atoms with Crippen molar-refractivity contribution >= 4 is 39.5 Å². The van der Waals surface area contributed by atoms with Crippen molar-refractivity contribution < 1.29 is 4.79 Å². The number of rotatable bonds is 3. The van der Waals surface area contributed by atoms with Gasteiger partial charge in [0.05, 0.1) is 5.69 Å². The van der Waals surface area contributed by atoms with Crippen LogP contribution >= 0.6 is 23.5 Å². The second-order valence-electron chi connectivity index (χ2n) is 4.64. The number of amides is 1. The molecule has 1 amide bonds. The van der Waals surface area contributed by atoms with Crippen molar-refractivity contribution in [1.82, 2.24) is 0 Å². The minimum absolute atomic E-state index is 0.391. The van der Waals surface area contributed by atoms with Crippen LogP contribution in [0.1, 0.15) is 21.5 Å². The summed E-state index contributed by atoms with van der Waals surface area (Å²) in [5.74, 6) is 1.42. The molecule has 1 heterocycles. The van der Waals surface area contributed by atoms with E-state index in [1.807, 2.05) is 24.3 Å². The van der Waals surface area contributed by atoms with Crippen molar-refractivity contribution in [2.75, 3.05) is 0 Å². The normalized spacial score (nSPS) is 13.4. The SMILES string of the molecule is NC(=O)c1ccc(CSC2=Nc3ccccc3CS2)cc1. The van der Waals surface area contributed by atoms with Gasteiger partial charge in [-0.3, -0.25) is 4.79 Å². The Balaban J connectivity index is 1.66. The first-order valence-electron chi connectivity index (χ1n) is 6.53. The predicted molar refractivity (Wildman–Crippen MR) is 91.1 cm³/mol. The van der Waals surface area contributed by atoms with Crippen LogP contribution in [0.15, 0.2) is 53.5 Å². The standard InChI is InChI=1S/C16H14N2OS2/c17-15(19)12-7-5-11(6-8-12)9-20-16-18-14-4-2-1-3-13(14)10-21-16/h1-8H,9-10H2,(H2,17,19). The van der Waals surface area contributed by atoms with Crippen molar-refractivity contribution in [3.63, 3.8) is 0 Å². The first-order chi connectivity index (χ1) is 10.2. The molecule has 3 rings (SSSR count). The molecule has 5 heteroatoms. The van der Waals surface area contributed by atoms with Crippen molar-refractivity contribution in [3.8, 4) is 0 Å². The van der Waals surface area contributed by atoms with E-state index in [1.165, 1.54) is 5.56 Å². The number of fused-ring (bicyclic) bond motifs is 1. The highest BCUT2D eigenvalue weighted by Crippen LogP contribution is 2.35. The van der Waals surface area contributed by atoms with Gasteiger partial charge in [0.2, 0.25) is 5.91 Å². The molecule has 21 heavy (non-hydrogen) atoms. The first kappa shape index (κ1) is 14.2. The Hall–Kier alpha value is -1.72. The van der Waals surface area contributed by atoms with Gasteiger partial charge in [-0.1, -0.05) is 53.9 Å². The fraction of sp³-hybridized carbons (Fsp3) is 0.125. The molecule has 0 atom stereocenters. The minimum Gasteiger partial charge on any atom is -0.366 e. The summed E-state index contributed by atoms with van der Waals surface area (Å²) >= 11 is 3.50. The second-order valence-corrected chi connectivity index (χ2v) is 6.83. The zero-order valence-corrected chi connectivity index (χ0v) is 12.9. The number of aliphatic imine (C=N–C) groups is 1. The van der Waals surface area contributed by atoms with E-state index in [0.717, 1.165) is 27.1 Å². The van der Waals surface area contributed by atoms with Crippen LogP contribution in [-0.4, -0.2) is 10.3 Å². The number of para-hydroxylation sites is 1. The van der Waals surface area contributed by atoms with E-state index in [0.29, 0.717) is 5.56 Å². The second kappa shape index (κ2) is 6.37. The van der Waals surface area contributed by atoms with E-state index in [4.69, 9.17) is 5.73 Å². The van der Waals surface area contributed by atoms with Gasteiger partial charge in [0.1, 0.15) is 4.38 Å². The number of nitrogens with two attached hydrogens (primary N) is 1. The Morgan fingerprint density at radius 1 is 1.19 bits per heavy atom. The Morgan fingerprint density at radius 2 is 1.95 bits per heavy atom. The zero-order chi connectivity index (χ0) is 14.7. The van der Waals surface area contributed by atoms with Crippen LogP contribution in [0.5, 0.6) is 0 Å². The molecule has 0 unspecified atom stereocenters. The lowest BCUT2D eigenvalue weighted by molar-refractivity contribution is 0.100. The van der Waals surface area contributed by atoms with Crippen LogP contribution in [0, 0.1) is 0 Å². The monoisotopic (exact) mass is 314 g/mol. The quantitative estimate of drug-likeness (QED) is 0.933. The molecule has 2 N–H and O–H groups in total. The molecule has 0 fully saturated rings. The van der Waals surface area contributed by atoms with Gasteiger partial charge in [-0.15, -0.1) is 0 Å². The van der Waals surface area contributed by atoms with Gasteiger partial charge in [0.15, 0.2) is 0 Å². The van der Waals surface area contributed by atoms with E-state index >= 15 is 0 Å². The predicted octanol–water partition coefficient (Wildman–Crippen LogP) is 3.95. The summed E-state index contributed by atoms with van der Waals surface area (Å²) in [6.45, 7) is 0. The molecule has 0 aromatic heterocycles. The number of primary amides is 1. The lowest BCUT2D eigenvalue weighted by Gasteiger charge is -2.14. The molecule has 3 nitrogen and oxygen atoms in total. The highest BCUT2D eigenvalue weighted by atomic mass is 32.2. The molecule has 2 aromatic rings. The number of hydrogen-bond donors (Lipinski definition) is 1. The highest BCUT2D eigenvalue weighted by Gasteiger charge is 2.12. The van der Waals surface area contributed by atoms with E-state index < -0.39 is 5.91 Å². The molecule has 0 spiro atoms. The molecule has 1 aliphatic heterocycles. The van der Waals surface area contributed by atoms with Crippen LogP contribution in [0.3, 0.4) is 0 Å². The molecule has 0 saturated heterocycles. The van der Waals surface area contributed by atoms with Gasteiger partial charge in [0, 0.05) is 17.1 Å². The van der Waals surface area contributed by atoms with Crippen LogP contribution in [0.2, 0.25) is 0 Å². The van der Waals surface area contributed by atoms with Crippen molar-refractivity contribution in [2.45, 2.75) is 11.5 Å². The highest BCUT2D eigenvalue weighted by molar-refractivity contribution is 8.38. The van der Waals surface area contributed by atoms with E-state index in [9.17, 15) is 4.79 Å².